The number of hydrogen-bond acceptors (Lipinski definition) is 1. The number of halogens is 1. The van der Waals surface area contributed by atoms with Gasteiger partial charge in [0.15, 0.2) is 0 Å². The minimum atomic E-state index is 0.131. The fourth-order valence-corrected chi connectivity index (χ4v) is 2.30. The Balaban J connectivity index is 1.85. The molecule has 0 aliphatic heterocycles. The van der Waals surface area contributed by atoms with Crippen LogP contribution in [0.4, 0.5) is 5.69 Å². The van der Waals surface area contributed by atoms with Gasteiger partial charge in [-0.3, -0.25) is 0 Å². The van der Waals surface area contributed by atoms with Gasteiger partial charge in [-0.2, -0.15) is 0 Å². The van der Waals surface area contributed by atoms with Crippen LogP contribution in [-0.2, 0) is 5.54 Å². The highest BCUT2D eigenvalue weighted by Gasteiger charge is 2.44. The van der Waals surface area contributed by atoms with Crippen molar-refractivity contribution in [3.63, 3.8) is 0 Å². The van der Waals surface area contributed by atoms with Gasteiger partial charge in [0.05, 0.1) is 5.54 Å². The third-order valence-corrected chi connectivity index (χ3v) is 3.56. The minimum Gasteiger partial charge on any atom is -0.376 e. The average Bonchev–Trinajstić information content (AvgIpc) is 3.12. The van der Waals surface area contributed by atoms with Gasteiger partial charge in [0.2, 0.25) is 0 Å². The summed E-state index contributed by atoms with van der Waals surface area (Å²) in [7, 11) is 0. The summed E-state index contributed by atoms with van der Waals surface area (Å²) in [6.07, 6.45) is 2.37. The largest absolute Gasteiger partial charge is 0.376 e. The Morgan fingerprint density at radius 1 is 0.882 bits per heavy atom. The summed E-state index contributed by atoms with van der Waals surface area (Å²) >= 11 is 5.92. The van der Waals surface area contributed by atoms with Gasteiger partial charge in [-0.15, -0.1) is 0 Å². The maximum absolute atomic E-state index is 5.92. The lowest BCUT2D eigenvalue weighted by molar-refractivity contribution is 0.808. The van der Waals surface area contributed by atoms with Crippen molar-refractivity contribution in [2.24, 2.45) is 0 Å². The molecule has 2 heteroatoms. The van der Waals surface area contributed by atoms with Crippen LogP contribution in [0.3, 0.4) is 0 Å². The second-order valence-corrected chi connectivity index (χ2v) is 5.02. The van der Waals surface area contributed by atoms with Gasteiger partial charge in [-0.05, 0) is 42.7 Å². The van der Waals surface area contributed by atoms with E-state index in [0.717, 1.165) is 5.02 Å². The zero-order chi connectivity index (χ0) is 11.7. The summed E-state index contributed by atoms with van der Waals surface area (Å²) in [5.74, 6) is 0. The standard InChI is InChI=1S/C15H14ClN/c16-13-8-6-12(7-9-13)15(10-11-15)17-14-4-2-1-3-5-14/h1-9,17H,10-11H2. The third-order valence-electron chi connectivity index (χ3n) is 3.30. The Morgan fingerprint density at radius 3 is 2.12 bits per heavy atom. The smallest absolute Gasteiger partial charge is 0.0627 e. The quantitative estimate of drug-likeness (QED) is 0.840. The molecule has 0 radical (unpaired) electrons. The molecule has 2 aromatic rings. The first-order valence-corrected chi connectivity index (χ1v) is 6.26. The molecule has 0 amide bonds. The summed E-state index contributed by atoms with van der Waals surface area (Å²) in [6.45, 7) is 0. The zero-order valence-corrected chi connectivity index (χ0v) is 10.2. The van der Waals surface area contributed by atoms with Crippen LogP contribution < -0.4 is 5.32 Å². The zero-order valence-electron chi connectivity index (χ0n) is 9.49. The summed E-state index contributed by atoms with van der Waals surface area (Å²) in [6, 6.07) is 18.5. The SMILES string of the molecule is Clc1ccc(C2(Nc3ccccc3)CC2)cc1. The molecule has 1 nitrogen and oxygen atoms in total. The highest BCUT2D eigenvalue weighted by Crippen LogP contribution is 2.48. The molecule has 17 heavy (non-hydrogen) atoms. The van der Waals surface area contributed by atoms with Gasteiger partial charge in [0, 0.05) is 10.7 Å². The molecule has 0 saturated heterocycles. The number of rotatable bonds is 3. The fourth-order valence-electron chi connectivity index (χ4n) is 2.18. The molecule has 0 aromatic heterocycles. The van der Waals surface area contributed by atoms with E-state index in [1.54, 1.807) is 0 Å². The second-order valence-electron chi connectivity index (χ2n) is 4.58. The van der Waals surface area contributed by atoms with Crippen LogP contribution >= 0.6 is 11.6 Å². The Bertz CT molecular complexity index is 500. The van der Waals surface area contributed by atoms with Gasteiger partial charge in [0.1, 0.15) is 0 Å². The van der Waals surface area contributed by atoms with E-state index in [9.17, 15) is 0 Å². The van der Waals surface area contributed by atoms with Crippen molar-refractivity contribution in [1.29, 1.82) is 0 Å². The Kier molecular flexibility index (Phi) is 2.56. The summed E-state index contributed by atoms with van der Waals surface area (Å²) in [4.78, 5) is 0. The molecule has 0 unspecified atom stereocenters. The van der Waals surface area contributed by atoms with Crippen molar-refractivity contribution in [3.8, 4) is 0 Å². The van der Waals surface area contributed by atoms with Crippen LogP contribution in [0.2, 0.25) is 5.02 Å². The summed E-state index contributed by atoms with van der Waals surface area (Å²) < 4.78 is 0. The Labute approximate surface area is 106 Å². The van der Waals surface area contributed by atoms with Gasteiger partial charge in [-0.1, -0.05) is 41.9 Å². The molecular formula is C15H14ClN. The lowest BCUT2D eigenvalue weighted by atomic mass is 10.0. The van der Waals surface area contributed by atoms with E-state index in [1.807, 2.05) is 18.2 Å². The third kappa shape index (κ3) is 2.16. The van der Waals surface area contributed by atoms with Crippen molar-refractivity contribution >= 4 is 17.3 Å². The molecule has 0 spiro atoms. The van der Waals surface area contributed by atoms with Crippen molar-refractivity contribution in [1.82, 2.24) is 0 Å². The molecule has 3 rings (SSSR count). The minimum absolute atomic E-state index is 0.131. The number of anilines is 1. The van der Waals surface area contributed by atoms with Crippen molar-refractivity contribution < 1.29 is 0 Å². The average molecular weight is 244 g/mol. The van der Waals surface area contributed by atoms with E-state index in [-0.39, 0.29) is 5.54 Å². The van der Waals surface area contributed by atoms with Crippen molar-refractivity contribution in [3.05, 3.63) is 65.2 Å². The lowest BCUT2D eigenvalue weighted by Crippen LogP contribution is -2.18. The first-order valence-electron chi connectivity index (χ1n) is 5.88. The number of nitrogens with one attached hydrogen (secondary N) is 1. The molecule has 0 heterocycles. The van der Waals surface area contributed by atoms with Crippen molar-refractivity contribution in [2.75, 3.05) is 5.32 Å². The Morgan fingerprint density at radius 2 is 1.53 bits per heavy atom. The van der Waals surface area contributed by atoms with Crippen molar-refractivity contribution in [2.45, 2.75) is 18.4 Å². The molecule has 86 valence electrons. The first kappa shape index (κ1) is 10.7. The molecule has 1 fully saturated rings. The van der Waals surface area contributed by atoms with Crippen LogP contribution in [-0.4, -0.2) is 0 Å². The van der Waals surface area contributed by atoms with Crippen LogP contribution in [0.15, 0.2) is 54.6 Å². The van der Waals surface area contributed by atoms with E-state index >= 15 is 0 Å². The molecular weight excluding hydrogens is 230 g/mol. The van der Waals surface area contributed by atoms with E-state index in [1.165, 1.54) is 24.1 Å². The van der Waals surface area contributed by atoms with Crippen LogP contribution in [0.5, 0.6) is 0 Å². The highest BCUT2D eigenvalue weighted by molar-refractivity contribution is 6.30. The van der Waals surface area contributed by atoms with Crippen LogP contribution in [0.1, 0.15) is 18.4 Å². The second kappa shape index (κ2) is 4.08. The van der Waals surface area contributed by atoms with Crippen LogP contribution in [0, 0.1) is 0 Å². The van der Waals surface area contributed by atoms with E-state index in [4.69, 9.17) is 11.6 Å². The van der Waals surface area contributed by atoms with Crippen LogP contribution in [0.25, 0.3) is 0 Å². The van der Waals surface area contributed by atoms with E-state index in [0.29, 0.717) is 0 Å². The lowest BCUT2D eigenvalue weighted by Gasteiger charge is -2.19. The summed E-state index contributed by atoms with van der Waals surface area (Å²) in [5.41, 5.74) is 2.64. The fraction of sp³-hybridized carbons (Fsp3) is 0.200. The molecule has 0 atom stereocenters. The normalized spacial score (nSPS) is 16.5. The highest BCUT2D eigenvalue weighted by atomic mass is 35.5. The summed E-state index contributed by atoms with van der Waals surface area (Å²) in [5, 5.41) is 4.42. The van der Waals surface area contributed by atoms with Gasteiger partial charge in [0.25, 0.3) is 0 Å². The maximum Gasteiger partial charge on any atom is 0.0627 e. The maximum atomic E-state index is 5.92. The number of hydrogen-bond donors (Lipinski definition) is 1. The van der Waals surface area contributed by atoms with Gasteiger partial charge < -0.3 is 5.32 Å². The van der Waals surface area contributed by atoms with E-state index < -0.39 is 0 Å². The predicted molar refractivity (Wildman–Crippen MR) is 72.4 cm³/mol. The number of para-hydroxylation sites is 1. The molecule has 0 bridgehead atoms. The molecule has 1 N–H and O–H groups in total. The predicted octanol–water partition coefficient (Wildman–Crippen LogP) is 4.44. The monoisotopic (exact) mass is 243 g/mol. The topological polar surface area (TPSA) is 12.0 Å². The molecule has 1 saturated carbocycles. The number of benzene rings is 2. The van der Waals surface area contributed by atoms with E-state index in [2.05, 4.69) is 41.7 Å². The molecule has 2 aromatic carbocycles. The van der Waals surface area contributed by atoms with Gasteiger partial charge >= 0.3 is 0 Å². The van der Waals surface area contributed by atoms with Gasteiger partial charge in [-0.25, -0.2) is 0 Å². The molecule has 1 aliphatic carbocycles. The Hall–Kier alpha value is -1.47. The first-order chi connectivity index (χ1) is 8.28. The molecule has 1 aliphatic rings.